The van der Waals surface area contributed by atoms with E-state index in [-0.39, 0.29) is 18.3 Å². The van der Waals surface area contributed by atoms with Crippen LogP contribution in [-0.4, -0.2) is 41.3 Å². The Bertz CT molecular complexity index is 1370. The Labute approximate surface area is 181 Å². The number of aryl methyl sites for hydroxylation is 2. The third-order valence-electron chi connectivity index (χ3n) is 5.83. The molecule has 1 aliphatic heterocycles. The molecule has 0 aliphatic carbocycles. The van der Waals surface area contributed by atoms with Crippen LogP contribution >= 0.6 is 0 Å². The van der Waals surface area contributed by atoms with Crippen molar-refractivity contribution in [2.24, 2.45) is 7.05 Å². The predicted molar refractivity (Wildman–Crippen MR) is 118 cm³/mol. The van der Waals surface area contributed by atoms with Crippen molar-refractivity contribution in [1.82, 2.24) is 19.7 Å². The third kappa shape index (κ3) is 2.97. The standard InChI is InChI=1S/C23H17B2FN4O/c1-13-10-14(16-7-8-19(26)20-18(16)12-29(2)28-20)5-6-15(13)11-30-22(31)17-4-3-9-27-21(17)23(30,24)25/h3-10,12H,11H2,1-2H3. The number of benzene rings is 2. The second-order valence-corrected chi connectivity index (χ2v) is 7.92. The summed E-state index contributed by atoms with van der Waals surface area (Å²) < 4.78 is 15.7. The van der Waals surface area contributed by atoms with Crippen LogP contribution < -0.4 is 0 Å². The maximum Gasteiger partial charge on any atom is 0.255 e. The molecule has 0 spiro atoms. The summed E-state index contributed by atoms with van der Waals surface area (Å²) in [6, 6.07) is 12.5. The average molecular weight is 406 g/mol. The molecule has 0 saturated heterocycles. The van der Waals surface area contributed by atoms with Gasteiger partial charge in [-0.25, -0.2) is 4.39 Å². The van der Waals surface area contributed by atoms with E-state index in [2.05, 4.69) is 10.1 Å². The lowest BCUT2D eigenvalue weighted by atomic mass is 9.59. The number of nitrogens with zero attached hydrogens (tertiary/aromatic N) is 4. The van der Waals surface area contributed by atoms with Gasteiger partial charge >= 0.3 is 0 Å². The van der Waals surface area contributed by atoms with Gasteiger partial charge in [-0.05, 0) is 47.4 Å². The number of amides is 1. The quantitative estimate of drug-likeness (QED) is 0.492. The van der Waals surface area contributed by atoms with E-state index in [4.69, 9.17) is 15.7 Å². The first-order valence-corrected chi connectivity index (χ1v) is 9.84. The second-order valence-electron chi connectivity index (χ2n) is 7.92. The molecular formula is C23H17B2FN4O. The highest BCUT2D eigenvalue weighted by atomic mass is 19.1. The first-order valence-electron chi connectivity index (χ1n) is 9.84. The molecule has 0 unspecified atom stereocenters. The van der Waals surface area contributed by atoms with Crippen molar-refractivity contribution in [3.63, 3.8) is 0 Å². The predicted octanol–water partition coefficient (Wildman–Crippen LogP) is 3.19. The first-order chi connectivity index (χ1) is 14.8. The van der Waals surface area contributed by atoms with E-state index in [9.17, 15) is 9.18 Å². The Kier molecular flexibility index (Phi) is 4.29. The highest BCUT2D eigenvalue weighted by Crippen LogP contribution is 2.35. The normalized spacial score (nSPS) is 14.9. The molecule has 2 aromatic heterocycles. The molecule has 2 aromatic carbocycles. The number of carbonyl (C=O) groups excluding carboxylic acids is 1. The number of hydrogen-bond acceptors (Lipinski definition) is 3. The molecule has 5 rings (SSSR count). The number of aromatic nitrogens is 3. The molecule has 8 heteroatoms. The van der Waals surface area contributed by atoms with Crippen LogP contribution in [0.1, 0.15) is 27.2 Å². The Balaban J connectivity index is 1.51. The molecule has 4 radical (unpaired) electrons. The molecule has 4 aromatic rings. The molecule has 0 N–H and O–H groups in total. The van der Waals surface area contributed by atoms with Crippen LogP contribution in [0.15, 0.2) is 54.9 Å². The van der Waals surface area contributed by atoms with E-state index >= 15 is 0 Å². The van der Waals surface area contributed by atoms with Gasteiger partial charge in [0, 0.05) is 36.7 Å². The van der Waals surface area contributed by atoms with Crippen molar-refractivity contribution < 1.29 is 9.18 Å². The van der Waals surface area contributed by atoms with E-state index in [1.54, 1.807) is 42.3 Å². The molecule has 148 valence electrons. The highest BCUT2D eigenvalue weighted by molar-refractivity contribution is 6.42. The summed E-state index contributed by atoms with van der Waals surface area (Å²) in [4.78, 5) is 18.5. The Morgan fingerprint density at radius 1 is 1.13 bits per heavy atom. The maximum atomic E-state index is 14.1. The van der Waals surface area contributed by atoms with Crippen LogP contribution in [0.4, 0.5) is 4.39 Å². The summed E-state index contributed by atoms with van der Waals surface area (Å²) in [5.74, 6) is -0.595. The molecule has 0 fully saturated rings. The number of carbonyl (C=O) groups is 1. The van der Waals surface area contributed by atoms with Gasteiger partial charge in [0.05, 0.1) is 26.9 Å². The van der Waals surface area contributed by atoms with Crippen LogP contribution in [0.2, 0.25) is 0 Å². The monoisotopic (exact) mass is 406 g/mol. The fourth-order valence-corrected chi connectivity index (χ4v) is 4.19. The van der Waals surface area contributed by atoms with Crippen LogP contribution in [-0.2, 0) is 18.9 Å². The van der Waals surface area contributed by atoms with E-state index in [1.165, 1.54) is 11.0 Å². The Morgan fingerprint density at radius 3 is 2.68 bits per heavy atom. The molecule has 1 aliphatic rings. The molecule has 0 atom stereocenters. The van der Waals surface area contributed by atoms with Gasteiger partial charge in [0.2, 0.25) is 0 Å². The molecule has 0 saturated carbocycles. The van der Waals surface area contributed by atoms with Crippen molar-refractivity contribution in [3.8, 4) is 11.1 Å². The van der Waals surface area contributed by atoms with Gasteiger partial charge in [-0.3, -0.25) is 14.5 Å². The number of rotatable bonds is 3. The van der Waals surface area contributed by atoms with Gasteiger partial charge in [0.15, 0.2) is 5.82 Å². The number of pyridine rings is 1. The van der Waals surface area contributed by atoms with E-state index < -0.39 is 5.34 Å². The fourth-order valence-electron chi connectivity index (χ4n) is 4.19. The van der Waals surface area contributed by atoms with Crippen molar-refractivity contribution in [2.45, 2.75) is 18.8 Å². The minimum absolute atomic E-state index is 0.243. The van der Waals surface area contributed by atoms with Gasteiger partial charge in [-0.1, -0.05) is 24.3 Å². The van der Waals surface area contributed by atoms with Gasteiger partial charge in [0.25, 0.3) is 5.91 Å². The number of fused-ring (bicyclic) bond motifs is 2. The van der Waals surface area contributed by atoms with Crippen molar-refractivity contribution in [1.29, 1.82) is 0 Å². The van der Waals surface area contributed by atoms with Crippen molar-refractivity contribution >= 4 is 32.5 Å². The second kappa shape index (κ2) is 6.80. The van der Waals surface area contributed by atoms with Crippen LogP contribution in [0, 0.1) is 12.7 Å². The van der Waals surface area contributed by atoms with E-state index in [1.807, 2.05) is 25.1 Å². The van der Waals surface area contributed by atoms with Crippen LogP contribution in [0.3, 0.4) is 0 Å². The van der Waals surface area contributed by atoms with Gasteiger partial charge in [-0.2, -0.15) is 5.10 Å². The molecule has 1 amide bonds. The summed E-state index contributed by atoms with van der Waals surface area (Å²) in [5.41, 5.74) is 4.84. The zero-order chi connectivity index (χ0) is 21.9. The molecule has 3 heterocycles. The third-order valence-corrected chi connectivity index (χ3v) is 5.83. The number of hydrogen-bond donors (Lipinski definition) is 0. The summed E-state index contributed by atoms with van der Waals surface area (Å²) in [7, 11) is 14.4. The van der Waals surface area contributed by atoms with Crippen molar-refractivity contribution in [2.75, 3.05) is 0 Å². The van der Waals surface area contributed by atoms with Crippen LogP contribution in [0.25, 0.3) is 22.0 Å². The molecule has 0 bridgehead atoms. The van der Waals surface area contributed by atoms with Gasteiger partial charge < -0.3 is 4.90 Å². The zero-order valence-electron chi connectivity index (χ0n) is 17.1. The summed E-state index contributed by atoms with van der Waals surface area (Å²) >= 11 is 0. The molecular weight excluding hydrogens is 389 g/mol. The molecule has 31 heavy (non-hydrogen) atoms. The topological polar surface area (TPSA) is 51.0 Å². The minimum atomic E-state index is -1.47. The molecule has 5 nitrogen and oxygen atoms in total. The van der Waals surface area contributed by atoms with Crippen molar-refractivity contribution in [3.05, 3.63) is 83.1 Å². The van der Waals surface area contributed by atoms with Gasteiger partial charge in [-0.15, -0.1) is 0 Å². The maximum absolute atomic E-state index is 14.1. The average Bonchev–Trinajstić information content (AvgIpc) is 3.22. The smallest absolute Gasteiger partial charge is 0.255 e. The lowest BCUT2D eigenvalue weighted by Crippen LogP contribution is -2.44. The highest BCUT2D eigenvalue weighted by Gasteiger charge is 2.42. The Morgan fingerprint density at radius 2 is 1.94 bits per heavy atom. The van der Waals surface area contributed by atoms with E-state index in [0.717, 1.165) is 27.6 Å². The lowest BCUT2D eigenvalue weighted by Gasteiger charge is -2.33. The van der Waals surface area contributed by atoms with Gasteiger partial charge in [0.1, 0.15) is 5.52 Å². The summed E-state index contributed by atoms with van der Waals surface area (Å²) in [6.45, 7) is 2.21. The lowest BCUT2D eigenvalue weighted by molar-refractivity contribution is 0.0731. The van der Waals surface area contributed by atoms with E-state index in [0.29, 0.717) is 16.8 Å². The summed E-state index contributed by atoms with van der Waals surface area (Å²) in [6.07, 6.45) is 3.38. The SMILES string of the molecule is [B]C1([B])c2ncccc2C(=O)N1Cc1ccc(-c2ccc(F)c3nn(C)cc23)cc1C. The number of halogens is 1. The van der Waals surface area contributed by atoms with Crippen LogP contribution in [0.5, 0.6) is 0 Å². The Hall–Kier alpha value is -3.41. The fraction of sp³-hybridized carbons (Fsp3) is 0.174. The minimum Gasteiger partial charge on any atom is -0.340 e. The zero-order valence-corrected chi connectivity index (χ0v) is 17.1. The first kappa shape index (κ1) is 19.5. The largest absolute Gasteiger partial charge is 0.340 e. The summed E-state index contributed by atoms with van der Waals surface area (Å²) in [5, 5.41) is 3.48.